The maximum absolute atomic E-state index is 12.5. The maximum atomic E-state index is 12.5. The van der Waals surface area contributed by atoms with Crippen LogP contribution >= 0.6 is 0 Å². The van der Waals surface area contributed by atoms with Crippen LogP contribution < -0.4 is 5.69 Å². The van der Waals surface area contributed by atoms with Gasteiger partial charge in [0.1, 0.15) is 5.60 Å². The molecule has 1 saturated heterocycles. The molecule has 0 saturated carbocycles. The molecule has 5 rings (SSSR count). The van der Waals surface area contributed by atoms with E-state index in [-0.39, 0.29) is 5.69 Å². The minimum Gasteiger partial charge on any atom is -0.382 e. The van der Waals surface area contributed by atoms with Crippen LogP contribution in [0.15, 0.2) is 35.3 Å². The third-order valence-electron chi connectivity index (χ3n) is 5.77. The van der Waals surface area contributed by atoms with Crippen molar-refractivity contribution in [1.29, 1.82) is 0 Å². The highest BCUT2D eigenvalue weighted by Gasteiger charge is 2.21. The van der Waals surface area contributed by atoms with E-state index < -0.39 is 5.60 Å². The molecular formula is C22H25N7O3. The van der Waals surface area contributed by atoms with Crippen molar-refractivity contribution in [3.8, 4) is 22.6 Å². The summed E-state index contributed by atoms with van der Waals surface area (Å²) in [5, 5.41) is 17.0. The lowest BCUT2D eigenvalue weighted by atomic mass is 10.0. The van der Waals surface area contributed by atoms with Crippen molar-refractivity contribution in [2.75, 3.05) is 13.2 Å². The number of imidazole rings is 1. The highest BCUT2D eigenvalue weighted by molar-refractivity contribution is 5.72. The van der Waals surface area contributed by atoms with E-state index >= 15 is 0 Å². The van der Waals surface area contributed by atoms with E-state index in [0.29, 0.717) is 41.1 Å². The van der Waals surface area contributed by atoms with Gasteiger partial charge in [-0.25, -0.2) is 19.7 Å². The van der Waals surface area contributed by atoms with Crippen LogP contribution in [0, 0.1) is 5.92 Å². The van der Waals surface area contributed by atoms with Crippen LogP contribution in [0.25, 0.3) is 33.9 Å². The smallest absolute Gasteiger partial charge is 0.328 e. The number of aromatic amines is 2. The van der Waals surface area contributed by atoms with E-state index in [9.17, 15) is 9.90 Å². The molecule has 32 heavy (non-hydrogen) atoms. The second-order valence-electron chi connectivity index (χ2n) is 8.67. The SMILES string of the molecule is CC(C)(O)c1nc(-c2ccc(-c3cnc4[nH]c(=O)n(CC5CCOCC5)c4n3)cc2)n[nH]1. The molecule has 0 spiro atoms. The number of H-pyrrole nitrogens is 2. The summed E-state index contributed by atoms with van der Waals surface area (Å²) < 4.78 is 7.11. The number of nitrogens with one attached hydrogen (secondary N) is 2. The van der Waals surface area contributed by atoms with E-state index in [1.54, 1.807) is 24.6 Å². The first kappa shape index (κ1) is 20.5. The molecule has 4 aromatic rings. The van der Waals surface area contributed by atoms with Gasteiger partial charge in [0.25, 0.3) is 0 Å². The van der Waals surface area contributed by atoms with Gasteiger partial charge >= 0.3 is 5.69 Å². The van der Waals surface area contributed by atoms with Crippen LogP contribution in [-0.4, -0.2) is 53.0 Å². The minimum atomic E-state index is -1.09. The fraction of sp³-hybridized carbons (Fsp3) is 0.409. The largest absolute Gasteiger partial charge is 0.382 e. The van der Waals surface area contributed by atoms with Gasteiger partial charge in [-0.3, -0.25) is 14.6 Å². The summed E-state index contributed by atoms with van der Waals surface area (Å²) in [5.74, 6) is 1.30. The molecule has 1 aliphatic rings. The number of hydrogen-bond acceptors (Lipinski definition) is 7. The lowest BCUT2D eigenvalue weighted by molar-refractivity contribution is 0.0613. The number of aliphatic hydroxyl groups is 1. The van der Waals surface area contributed by atoms with Crippen molar-refractivity contribution in [2.24, 2.45) is 5.92 Å². The summed E-state index contributed by atoms with van der Waals surface area (Å²) >= 11 is 0. The summed E-state index contributed by atoms with van der Waals surface area (Å²) in [5.41, 5.74) is 2.13. The van der Waals surface area contributed by atoms with Crippen LogP contribution in [-0.2, 0) is 16.9 Å². The predicted molar refractivity (Wildman–Crippen MR) is 118 cm³/mol. The second-order valence-corrected chi connectivity index (χ2v) is 8.67. The molecule has 3 N–H and O–H groups in total. The van der Waals surface area contributed by atoms with Gasteiger partial charge in [0.15, 0.2) is 22.9 Å². The molecule has 1 aromatic carbocycles. The number of nitrogens with zero attached hydrogens (tertiary/aromatic N) is 5. The Morgan fingerprint density at radius 2 is 1.88 bits per heavy atom. The lowest BCUT2D eigenvalue weighted by Crippen LogP contribution is -2.26. The first-order valence-electron chi connectivity index (χ1n) is 10.7. The predicted octanol–water partition coefficient (Wildman–Crippen LogP) is 2.23. The zero-order chi connectivity index (χ0) is 22.3. The van der Waals surface area contributed by atoms with Crippen molar-refractivity contribution in [2.45, 2.75) is 38.8 Å². The van der Waals surface area contributed by atoms with Crippen LogP contribution in [0.1, 0.15) is 32.5 Å². The highest BCUT2D eigenvalue weighted by atomic mass is 16.5. The van der Waals surface area contributed by atoms with Crippen molar-refractivity contribution >= 4 is 11.3 Å². The maximum Gasteiger partial charge on any atom is 0.328 e. The third kappa shape index (κ3) is 3.94. The van der Waals surface area contributed by atoms with E-state index in [4.69, 9.17) is 9.72 Å². The van der Waals surface area contributed by atoms with Crippen molar-refractivity contribution in [3.05, 3.63) is 46.8 Å². The van der Waals surface area contributed by atoms with Crippen LogP contribution in [0.2, 0.25) is 0 Å². The average molecular weight is 435 g/mol. The Hall–Kier alpha value is -3.37. The molecular weight excluding hydrogens is 410 g/mol. The summed E-state index contributed by atoms with van der Waals surface area (Å²) in [4.78, 5) is 28.8. The zero-order valence-electron chi connectivity index (χ0n) is 18.0. The van der Waals surface area contributed by atoms with Crippen molar-refractivity contribution in [1.82, 2.24) is 34.7 Å². The minimum absolute atomic E-state index is 0.189. The number of aromatic nitrogens is 7. The topological polar surface area (TPSA) is 135 Å². The normalized spacial score (nSPS) is 15.5. The van der Waals surface area contributed by atoms with Gasteiger partial charge in [-0.05, 0) is 32.6 Å². The van der Waals surface area contributed by atoms with Crippen molar-refractivity contribution < 1.29 is 9.84 Å². The van der Waals surface area contributed by atoms with Gasteiger partial charge < -0.3 is 9.84 Å². The fourth-order valence-electron chi connectivity index (χ4n) is 3.87. The summed E-state index contributed by atoms with van der Waals surface area (Å²) in [6.07, 6.45) is 3.53. The number of benzene rings is 1. The standard InChI is InChI=1S/C22H25N7O3/c1-22(2,31)20-25-17(27-28-20)15-5-3-14(4-6-15)16-11-23-18-19(24-16)29(21(30)26-18)12-13-7-9-32-10-8-13/h3-6,11,13,31H,7-10,12H2,1-2H3,(H,23,26,30)(H,25,27,28). The molecule has 166 valence electrons. The van der Waals surface area contributed by atoms with Gasteiger partial charge in [-0.15, -0.1) is 0 Å². The summed E-state index contributed by atoms with van der Waals surface area (Å²) in [6.45, 7) is 5.36. The number of hydrogen-bond donors (Lipinski definition) is 3. The Morgan fingerprint density at radius 1 is 1.16 bits per heavy atom. The summed E-state index contributed by atoms with van der Waals surface area (Å²) in [7, 11) is 0. The number of rotatable bonds is 5. The Bertz CT molecular complexity index is 1290. The van der Waals surface area contributed by atoms with Crippen LogP contribution in [0.3, 0.4) is 0 Å². The molecule has 4 heterocycles. The Morgan fingerprint density at radius 3 is 2.56 bits per heavy atom. The Labute approximate surface area is 183 Å². The Balaban J connectivity index is 1.43. The molecule has 1 aliphatic heterocycles. The quantitative estimate of drug-likeness (QED) is 0.437. The van der Waals surface area contributed by atoms with Crippen LogP contribution in [0.5, 0.6) is 0 Å². The molecule has 3 aromatic heterocycles. The molecule has 0 bridgehead atoms. The Kier molecular flexibility index (Phi) is 5.10. The fourth-order valence-corrected chi connectivity index (χ4v) is 3.87. The number of fused-ring (bicyclic) bond motifs is 1. The van der Waals surface area contributed by atoms with E-state index in [1.807, 2.05) is 24.3 Å². The second kappa shape index (κ2) is 7.95. The van der Waals surface area contributed by atoms with E-state index in [2.05, 4.69) is 25.1 Å². The van der Waals surface area contributed by atoms with Gasteiger partial charge in [-0.2, -0.15) is 5.10 Å². The van der Waals surface area contributed by atoms with E-state index in [1.165, 1.54) is 0 Å². The highest BCUT2D eigenvalue weighted by Crippen LogP contribution is 2.24. The van der Waals surface area contributed by atoms with Gasteiger partial charge in [0.2, 0.25) is 0 Å². The molecule has 1 fully saturated rings. The third-order valence-corrected chi connectivity index (χ3v) is 5.77. The molecule has 0 radical (unpaired) electrons. The van der Waals surface area contributed by atoms with Gasteiger partial charge in [0, 0.05) is 30.9 Å². The number of ether oxygens (including phenoxy) is 1. The molecule has 10 nitrogen and oxygen atoms in total. The molecule has 0 unspecified atom stereocenters. The van der Waals surface area contributed by atoms with Crippen LogP contribution in [0.4, 0.5) is 0 Å². The summed E-state index contributed by atoms with van der Waals surface area (Å²) in [6, 6.07) is 7.62. The molecule has 0 aliphatic carbocycles. The molecule has 10 heteroatoms. The molecule has 0 atom stereocenters. The monoisotopic (exact) mass is 435 g/mol. The first-order valence-corrected chi connectivity index (χ1v) is 10.7. The molecule has 0 amide bonds. The average Bonchev–Trinajstić information content (AvgIpc) is 3.40. The van der Waals surface area contributed by atoms with Gasteiger partial charge in [-0.1, -0.05) is 24.3 Å². The van der Waals surface area contributed by atoms with E-state index in [0.717, 1.165) is 37.2 Å². The van der Waals surface area contributed by atoms with Gasteiger partial charge in [0.05, 0.1) is 11.9 Å². The lowest BCUT2D eigenvalue weighted by Gasteiger charge is -2.21. The first-order chi connectivity index (χ1) is 15.4. The zero-order valence-corrected chi connectivity index (χ0v) is 18.0. The van der Waals surface area contributed by atoms with Crippen molar-refractivity contribution in [3.63, 3.8) is 0 Å².